The predicted molar refractivity (Wildman–Crippen MR) is 84.4 cm³/mol. The van der Waals surface area contributed by atoms with Crippen LogP contribution in [0.4, 0.5) is 5.69 Å². The summed E-state index contributed by atoms with van der Waals surface area (Å²) in [5, 5.41) is 10.4. The summed E-state index contributed by atoms with van der Waals surface area (Å²) in [6, 6.07) is 7.63. The summed E-state index contributed by atoms with van der Waals surface area (Å²) in [7, 11) is 0. The van der Waals surface area contributed by atoms with Gasteiger partial charge in [-0.15, -0.1) is 0 Å². The first kappa shape index (κ1) is 15.3. The van der Waals surface area contributed by atoms with Gasteiger partial charge in [0.05, 0.1) is 6.10 Å². The standard InChI is InChI=1S/C17H28N2O/c1-13(2)14-6-5-10-19(11-9-14)12-17(20)15-7-3-4-8-16(15)18/h3-4,7-8,13-14,17,20H,5-6,9-12,18H2,1-2H3. The van der Waals surface area contributed by atoms with E-state index in [1.165, 1.54) is 19.3 Å². The van der Waals surface area contributed by atoms with Crippen LogP contribution in [0.2, 0.25) is 0 Å². The summed E-state index contributed by atoms with van der Waals surface area (Å²) >= 11 is 0. The minimum absolute atomic E-state index is 0.480. The van der Waals surface area contributed by atoms with E-state index >= 15 is 0 Å². The SMILES string of the molecule is CC(C)C1CCCN(CC(O)c2ccccc2N)CC1. The average Bonchev–Trinajstić information content (AvgIpc) is 2.65. The van der Waals surface area contributed by atoms with E-state index in [0.717, 1.165) is 30.5 Å². The fraction of sp³-hybridized carbons (Fsp3) is 0.647. The Hall–Kier alpha value is -1.06. The highest BCUT2D eigenvalue weighted by molar-refractivity contribution is 5.47. The number of nitrogen functional groups attached to an aromatic ring is 1. The van der Waals surface area contributed by atoms with Crippen molar-refractivity contribution < 1.29 is 5.11 Å². The van der Waals surface area contributed by atoms with E-state index in [1.54, 1.807) is 0 Å². The van der Waals surface area contributed by atoms with Crippen molar-refractivity contribution in [2.45, 2.75) is 39.2 Å². The second-order valence-corrected chi connectivity index (χ2v) is 6.38. The first-order valence-electron chi connectivity index (χ1n) is 7.82. The van der Waals surface area contributed by atoms with E-state index < -0.39 is 6.10 Å². The van der Waals surface area contributed by atoms with Gasteiger partial charge in [0.25, 0.3) is 0 Å². The van der Waals surface area contributed by atoms with Gasteiger partial charge >= 0.3 is 0 Å². The molecule has 3 N–H and O–H groups in total. The maximum Gasteiger partial charge on any atom is 0.0936 e. The highest BCUT2D eigenvalue weighted by Gasteiger charge is 2.21. The van der Waals surface area contributed by atoms with Gasteiger partial charge in [-0.25, -0.2) is 0 Å². The smallest absolute Gasteiger partial charge is 0.0936 e. The summed E-state index contributed by atoms with van der Waals surface area (Å²) in [6.07, 6.45) is 3.32. The largest absolute Gasteiger partial charge is 0.398 e. The van der Waals surface area contributed by atoms with Gasteiger partial charge in [0.2, 0.25) is 0 Å². The first-order valence-corrected chi connectivity index (χ1v) is 7.82. The van der Waals surface area contributed by atoms with Crippen molar-refractivity contribution in [3.8, 4) is 0 Å². The highest BCUT2D eigenvalue weighted by Crippen LogP contribution is 2.26. The van der Waals surface area contributed by atoms with Crippen LogP contribution in [-0.2, 0) is 0 Å². The van der Waals surface area contributed by atoms with Gasteiger partial charge in [-0.3, -0.25) is 0 Å². The molecule has 0 aliphatic carbocycles. The number of nitrogens with two attached hydrogens (primary N) is 1. The van der Waals surface area contributed by atoms with Crippen molar-refractivity contribution in [2.24, 2.45) is 11.8 Å². The molecule has 0 aromatic heterocycles. The van der Waals surface area contributed by atoms with E-state index in [4.69, 9.17) is 5.73 Å². The summed E-state index contributed by atoms with van der Waals surface area (Å²) < 4.78 is 0. The molecule has 1 aromatic rings. The number of rotatable bonds is 4. The molecule has 1 aliphatic heterocycles. The molecule has 1 saturated heterocycles. The van der Waals surface area contributed by atoms with Gasteiger partial charge in [0.1, 0.15) is 0 Å². The van der Waals surface area contributed by atoms with Crippen molar-refractivity contribution in [1.82, 2.24) is 4.90 Å². The quantitative estimate of drug-likeness (QED) is 0.831. The van der Waals surface area contributed by atoms with Crippen molar-refractivity contribution in [2.75, 3.05) is 25.4 Å². The lowest BCUT2D eigenvalue weighted by molar-refractivity contribution is 0.114. The number of para-hydroxylation sites is 1. The van der Waals surface area contributed by atoms with Crippen molar-refractivity contribution in [3.63, 3.8) is 0 Å². The van der Waals surface area contributed by atoms with E-state index in [1.807, 2.05) is 24.3 Å². The third-order valence-electron chi connectivity index (χ3n) is 4.59. The summed E-state index contributed by atoms with van der Waals surface area (Å²) in [5.41, 5.74) is 7.49. The molecule has 20 heavy (non-hydrogen) atoms. The maximum absolute atomic E-state index is 10.4. The highest BCUT2D eigenvalue weighted by atomic mass is 16.3. The lowest BCUT2D eigenvalue weighted by atomic mass is 9.89. The van der Waals surface area contributed by atoms with Crippen LogP contribution >= 0.6 is 0 Å². The zero-order chi connectivity index (χ0) is 14.5. The zero-order valence-corrected chi connectivity index (χ0v) is 12.8. The van der Waals surface area contributed by atoms with Gasteiger partial charge in [-0.05, 0) is 50.3 Å². The molecule has 1 fully saturated rings. The van der Waals surface area contributed by atoms with Crippen LogP contribution in [-0.4, -0.2) is 29.6 Å². The molecule has 0 saturated carbocycles. The molecule has 1 aromatic carbocycles. The topological polar surface area (TPSA) is 49.5 Å². The number of nitrogens with zero attached hydrogens (tertiary/aromatic N) is 1. The Morgan fingerprint density at radius 1 is 1.25 bits per heavy atom. The summed E-state index contributed by atoms with van der Waals surface area (Å²) in [6.45, 7) is 7.51. The van der Waals surface area contributed by atoms with Gasteiger partial charge in [-0.2, -0.15) is 0 Å². The zero-order valence-electron chi connectivity index (χ0n) is 12.8. The van der Waals surface area contributed by atoms with E-state index in [2.05, 4.69) is 18.7 Å². The maximum atomic E-state index is 10.4. The van der Waals surface area contributed by atoms with Crippen LogP contribution in [0, 0.1) is 11.8 Å². The third kappa shape index (κ3) is 3.97. The lowest BCUT2D eigenvalue weighted by Gasteiger charge is -2.24. The molecule has 0 amide bonds. The molecule has 3 heteroatoms. The van der Waals surface area contributed by atoms with Gasteiger partial charge in [0, 0.05) is 17.8 Å². The van der Waals surface area contributed by atoms with Gasteiger partial charge in [0.15, 0.2) is 0 Å². The number of hydrogen-bond donors (Lipinski definition) is 2. The number of aliphatic hydroxyl groups is 1. The van der Waals surface area contributed by atoms with Crippen LogP contribution in [0.3, 0.4) is 0 Å². The number of aliphatic hydroxyl groups excluding tert-OH is 1. The van der Waals surface area contributed by atoms with Crippen molar-refractivity contribution in [1.29, 1.82) is 0 Å². The number of hydrogen-bond acceptors (Lipinski definition) is 3. The monoisotopic (exact) mass is 276 g/mol. The van der Waals surface area contributed by atoms with E-state index in [0.29, 0.717) is 12.2 Å². The van der Waals surface area contributed by atoms with Crippen LogP contribution < -0.4 is 5.73 Å². The number of likely N-dealkylation sites (tertiary alicyclic amines) is 1. The number of benzene rings is 1. The Kier molecular flexibility index (Phi) is 5.44. The predicted octanol–water partition coefficient (Wildman–Crippen LogP) is 3.06. The molecule has 2 rings (SSSR count). The summed E-state index contributed by atoms with van der Waals surface area (Å²) in [4.78, 5) is 2.39. The fourth-order valence-corrected chi connectivity index (χ4v) is 3.19. The van der Waals surface area contributed by atoms with E-state index in [9.17, 15) is 5.11 Å². The number of anilines is 1. The summed E-state index contributed by atoms with van der Waals surface area (Å²) in [5.74, 6) is 1.60. The van der Waals surface area contributed by atoms with Crippen molar-refractivity contribution in [3.05, 3.63) is 29.8 Å². The van der Waals surface area contributed by atoms with Crippen LogP contribution in [0.1, 0.15) is 44.8 Å². The molecule has 0 radical (unpaired) electrons. The molecule has 1 heterocycles. The Balaban J connectivity index is 1.92. The van der Waals surface area contributed by atoms with Crippen LogP contribution in [0.25, 0.3) is 0 Å². The normalized spacial score (nSPS) is 22.7. The van der Waals surface area contributed by atoms with Crippen LogP contribution in [0.5, 0.6) is 0 Å². The molecule has 2 atom stereocenters. The molecule has 1 aliphatic rings. The minimum Gasteiger partial charge on any atom is -0.398 e. The van der Waals surface area contributed by atoms with Gasteiger partial charge in [-0.1, -0.05) is 32.0 Å². The van der Waals surface area contributed by atoms with Crippen molar-refractivity contribution >= 4 is 5.69 Å². The number of β-amino-alcohol motifs (C(OH)–C–C–N with tert-alkyl or cyclic N) is 1. The van der Waals surface area contributed by atoms with E-state index in [-0.39, 0.29) is 0 Å². The Morgan fingerprint density at radius 3 is 2.70 bits per heavy atom. The molecule has 0 spiro atoms. The molecular formula is C17H28N2O. The minimum atomic E-state index is -0.480. The van der Waals surface area contributed by atoms with Gasteiger partial charge < -0.3 is 15.7 Å². The molecule has 0 bridgehead atoms. The average molecular weight is 276 g/mol. The Morgan fingerprint density at radius 2 is 2.00 bits per heavy atom. The molecule has 2 unspecified atom stereocenters. The van der Waals surface area contributed by atoms with Crippen LogP contribution in [0.15, 0.2) is 24.3 Å². The second-order valence-electron chi connectivity index (χ2n) is 6.38. The lowest BCUT2D eigenvalue weighted by Crippen LogP contribution is -2.30. The molecule has 3 nitrogen and oxygen atoms in total. The third-order valence-corrected chi connectivity index (χ3v) is 4.59. The molecular weight excluding hydrogens is 248 g/mol. The Bertz CT molecular complexity index is 419. The fourth-order valence-electron chi connectivity index (χ4n) is 3.19. The Labute approximate surface area is 122 Å². The first-order chi connectivity index (χ1) is 9.58. The molecule has 112 valence electrons. The second kappa shape index (κ2) is 7.09.